The first-order valence-electron chi connectivity index (χ1n) is 8.37. The van der Waals surface area contributed by atoms with E-state index in [4.69, 9.17) is 13.9 Å². The number of esters is 1. The van der Waals surface area contributed by atoms with Crippen molar-refractivity contribution in [2.75, 3.05) is 14.2 Å². The predicted molar refractivity (Wildman–Crippen MR) is 108 cm³/mol. The summed E-state index contributed by atoms with van der Waals surface area (Å²) in [7, 11) is -1.01. The van der Waals surface area contributed by atoms with Gasteiger partial charge in [0.2, 0.25) is 10.0 Å². The van der Waals surface area contributed by atoms with Crippen molar-refractivity contribution in [3.63, 3.8) is 0 Å². The maximum Gasteiger partial charge on any atom is 0.331 e. The average molecular weight is 434 g/mol. The van der Waals surface area contributed by atoms with Gasteiger partial charge in [0.05, 0.1) is 19.1 Å². The summed E-state index contributed by atoms with van der Waals surface area (Å²) in [4.78, 5) is 16.3. The minimum absolute atomic E-state index is 0.0162. The number of benzene rings is 1. The van der Waals surface area contributed by atoms with E-state index in [9.17, 15) is 13.2 Å². The fourth-order valence-electron chi connectivity index (χ4n) is 2.36. The number of rotatable bonds is 8. The maximum atomic E-state index is 12.1. The molecule has 0 amide bonds. The van der Waals surface area contributed by atoms with Gasteiger partial charge in [0, 0.05) is 11.5 Å². The molecular weight excluding hydrogens is 416 g/mol. The summed E-state index contributed by atoms with van der Waals surface area (Å²) in [5.74, 6) is 0.278. The Hall–Kier alpha value is -2.95. The van der Waals surface area contributed by atoms with Crippen molar-refractivity contribution in [1.82, 2.24) is 9.71 Å². The first-order chi connectivity index (χ1) is 13.9. The molecule has 8 nitrogen and oxygen atoms in total. The maximum absolute atomic E-state index is 12.1. The number of ether oxygens (including phenoxy) is 2. The van der Waals surface area contributed by atoms with Gasteiger partial charge in [-0.25, -0.2) is 22.9 Å². The summed E-state index contributed by atoms with van der Waals surface area (Å²) in [6, 6.07) is 8.13. The molecule has 0 bridgehead atoms. The molecule has 0 atom stereocenters. The molecule has 0 aliphatic rings. The van der Waals surface area contributed by atoms with E-state index in [1.165, 1.54) is 49.8 Å². The molecule has 3 aromatic rings. The van der Waals surface area contributed by atoms with E-state index in [2.05, 4.69) is 9.71 Å². The predicted octanol–water partition coefficient (Wildman–Crippen LogP) is 3.08. The van der Waals surface area contributed by atoms with E-state index in [0.29, 0.717) is 22.0 Å². The average Bonchev–Trinajstić information content (AvgIpc) is 3.42. The molecule has 0 saturated carbocycles. The summed E-state index contributed by atoms with van der Waals surface area (Å²) >= 11 is 1.39. The number of sulfonamides is 1. The molecule has 0 aliphatic heterocycles. The summed E-state index contributed by atoms with van der Waals surface area (Å²) in [6.45, 7) is 0.0162. The third kappa shape index (κ3) is 5.11. The summed E-state index contributed by atoms with van der Waals surface area (Å²) in [5.41, 5.74) is 1.11. The van der Waals surface area contributed by atoms with E-state index in [-0.39, 0.29) is 17.3 Å². The molecule has 2 heterocycles. The molecule has 3 rings (SSSR count). The summed E-state index contributed by atoms with van der Waals surface area (Å²) < 4.78 is 42.0. The van der Waals surface area contributed by atoms with Crippen LogP contribution in [0, 0.1) is 0 Å². The molecule has 0 aliphatic carbocycles. The van der Waals surface area contributed by atoms with Crippen LogP contribution >= 0.6 is 11.3 Å². The van der Waals surface area contributed by atoms with Gasteiger partial charge in [-0.2, -0.15) is 0 Å². The molecule has 0 radical (unpaired) electrons. The molecule has 0 fully saturated rings. The van der Waals surface area contributed by atoms with Crippen LogP contribution in [0.3, 0.4) is 0 Å². The topological polar surface area (TPSA) is 108 Å². The second-order valence-corrected chi connectivity index (χ2v) is 8.39. The van der Waals surface area contributed by atoms with E-state index < -0.39 is 16.0 Å². The zero-order valence-corrected chi connectivity index (χ0v) is 17.2. The third-order valence-electron chi connectivity index (χ3n) is 3.80. The van der Waals surface area contributed by atoms with Gasteiger partial charge < -0.3 is 13.9 Å². The van der Waals surface area contributed by atoms with Gasteiger partial charge in [-0.1, -0.05) is 6.07 Å². The largest absolute Gasteiger partial charge is 0.495 e. The van der Waals surface area contributed by atoms with Crippen molar-refractivity contribution in [1.29, 1.82) is 0 Å². The molecule has 0 spiro atoms. The Labute approximate surface area is 171 Å². The standard InChI is InChI=1S/C19H18N2O6S2/c1-20-29(23,24)17-10-13(5-7-15(17)25-2)6-8-18(22)27-11-14-12-28-19(21-14)16-4-3-9-26-16/h3-10,12,20H,11H2,1-2H3/b8-6+. The van der Waals surface area contributed by atoms with Gasteiger partial charge in [0.15, 0.2) is 10.8 Å². The van der Waals surface area contributed by atoms with E-state index in [1.54, 1.807) is 29.8 Å². The highest BCUT2D eigenvalue weighted by atomic mass is 32.2. The van der Waals surface area contributed by atoms with E-state index in [1.807, 2.05) is 0 Å². The Morgan fingerprint density at radius 3 is 2.86 bits per heavy atom. The molecule has 2 aromatic heterocycles. The van der Waals surface area contributed by atoms with Crippen molar-refractivity contribution in [3.05, 3.63) is 59.3 Å². The van der Waals surface area contributed by atoms with Gasteiger partial charge in [0.1, 0.15) is 17.3 Å². The first kappa shape index (κ1) is 20.8. The Kier molecular flexibility index (Phi) is 6.47. The number of aromatic nitrogens is 1. The number of hydrogen-bond acceptors (Lipinski definition) is 8. The number of carbonyl (C=O) groups is 1. The molecule has 1 N–H and O–H groups in total. The highest BCUT2D eigenvalue weighted by Crippen LogP contribution is 2.26. The molecule has 0 saturated heterocycles. The Balaban J connectivity index is 1.64. The minimum atomic E-state index is -3.70. The number of furan rings is 1. The Morgan fingerprint density at radius 1 is 1.34 bits per heavy atom. The van der Waals surface area contributed by atoms with E-state index in [0.717, 1.165) is 0 Å². The van der Waals surface area contributed by atoms with Gasteiger partial charge >= 0.3 is 5.97 Å². The second-order valence-electron chi connectivity index (χ2n) is 5.68. The van der Waals surface area contributed by atoms with Gasteiger partial charge in [-0.15, -0.1) is 11.3 Å². The zero-order valence-electron chi connectivity index (χ0n) is 15.6. The summed E-state index contributed by atoms with van der Waals surface area (Å²) in [5, 5.41) is 2.49. The molecule has 10 heteroatoms. The quantitative estimate of drug-likeness (QED) is 0.429. The lowest BCUT2D eigenvalue weighted by molar-refractivity contribution is -0.139. The SMILES string of the molecule is CNS(=O)(=O)c1cc(/C=C/C(=O)OCc2csc(-c3ccco3)n2)ccc1OC. The minimum Gasteiger partial charge on any atom is -0.495 e. The van der Waals surface area contributed by atoms with Crippen LogP contribution in [0.4, 0.5) is 0 Å². The lowest BCUT2D eigenvalue weighted by Gasteiger charge is -2.09. The third-order valence-corrected chi connectivity index (χ3v) is 6.14. The monoisotopic (exact) mass is 434 g/mol. The van der Waals surface area contributed by atoms with Gasteiger partial charge in [-0.05, 0) is 43.0 Å². The highest BCUT2D eigenvalue weighted by molar-refractivity contribution is 7.89. The molecule has 152 valence electrons. The number of nitrogens with zero attached hydrogens (tertiary/aromatic N) is 1. The van der Waals surface area contributed by atoms with Crippen molar-refractivity contribution in [2.24, 2.45) is 0 Å². The summed E-state index contributed by atoms with van der Waals surface area (Å²) in [6.07, 6.45) is 4.25. The number of thiazole rings is 1. The Bertz CT molecular complexity index is 1120. The Morgan fingerprint density at radius 2 is 2.17 bits per heavy atom. The van der Waals surface area contributed by atoms with Crippen molar-refractivity contribution >= 4 is 33.4 Å². The van der Waals surface area contributed by atoms with Crippen LogP contribution < -0.4 is 9.46 Å². The van der Waals surface area contributed by atoms with Crippen LogP contribution in [0.2, 0.25) is 0 Å². The van der Waals surface area contributed by atoms with Crippen LogP contribution in [-0.4, -0.2) is 33.5 Å². The molecule has 29 heavy (non-hydrogen) atoms. The lowest BCUT2D eigenvalue weighted by atomic mass is 10.2. The number of carbonyl (C=O) groups excluding carboxylic acids is 1. The number of methoxy groups -OCH3 is 1. The fraction of sp³-hybridized carbons (Fsp3) is 0.158. The number of nitrogens with one attached hydrogen (secondary N) is 1. The fourth-order valence-corrected chi connectivity index (χ4v) is 4.06. The molecular formula is C19H18N2O6S2. The van der Waals surface area contributed by atoms with E-state index >= 15 is 0 Å². The first-order valence-corrected chi connectivity index (χ1v) is 10.7. The van der Waals surface area contributed by atoms with Crippen LogP contribution in [0.25, 0.3) is 16.8 Å². The normalized spacial score (nSPS) is 11.7. The van der Waals surface area contributed by atoms with Crippen molar-refractivity contribution < 1.29 is 27.1 Å². The zero-order chi connectivity index (χ0) is 20.9. The van der Waals surface area contributed by atoms with Crippen LogP contribution in [-0.2, 0) is 26.2 Å². The lowest BCUT2D eigenvalue weighted by Crippen LogP contribution is -2.19. The second kappa shape index (κ2) is 9.03. The van der Waals surface area contributed by atoms with Gasteiger partial charge in [-0.3, -0.25) is 0 Å². The van der Waals surface area contributed by atoms with Crippen LogP contribution in [0.15, 0.2) is 57.4 Å². The number of hydrogen-bond donors (Lipinski definition) is 1. The smallest absolute Gasteiger partial charge is 0.331 e. The van der Waals surface area contributed by atoms with Crippen LogP contribution in [0.1, 0.15) is 11.3 Å². The van der Waals surface area contributed by atoms with Crippen LogP contribution in [0.5, 0.6) is 5.75 Å². The van der Waals surface area contributed by atoms with Crippen molar-refractivity contribution in [2.45, 2.75) is 11.5 Å². The highest BCUT2D eigenvalue weighted by Gasteiger charge is 2.17. The molecule has 0 unspecified atom stereocenters. The molecule has 1 aromatic carbocycles. The van der Waals surface area contributed by atoms with Gasteiger partial charge in [0.25, 0.3) is 0 Å². The van der Waals surface area contributed by atoms with Crippen molar-refractivity contribution in [3.8, 4) is 16.5 Å².